The van der Waals surface area contributed by atoms with Gasteiger partial charge in [-0.1, -0.05) is 31.2 Å². The second kappa shape index (κ2) is 6.68. The number of amides is 1. The van der Waals surface area contributed by atoms with Gasteiger partial charge in [0.15, 0.2) is 0 Å². The summed E-state index contributed by atoms with van der Waals surface area (Å²) in [5.41, 5.74) is 8.43. The summed E-state index contributed by atoms with van der Waals surface area (Å²) < 4.78 is 5.24. The van der Waals surface area contributed by atoms with Gasteiger partial charge in [-0.3, -0.25) is 4.79 Å². The number of hydrogen-bond donors (Lipinski definition) is 1. The van der Waals surface area contributed by atoms with Crippen LogP contribution < -0.4 is 5.73 Å². The summed E-state index contributed by atoms with van der Waals surface area (Å²) in [5.74, 6) is 0.121. The Bertz CT molecular complexity index is 411. The van der Waals surface area contributed by atoms with E-state index in [0.29, 0.717) is 32.7 Å². The van der Waals surface area contributed by atoms with Gasteiger partial charge in [0.2, 0.25) is 5.91 Å². The van der Waals surface area contributed by atoms with Crippen LogP contribution in [-0.2, 0) is 16.0 Å². The highest BCUT2D eigenvalue weighted by Gasteiger charge is 2.19. The van der Waals surface area contributed by atoms with Crippen LogP contribution in [0.3, 0.4) is 0 Å². The fourth-order valence-corrected chi connectivity index (χ4v) is 2.25. The average molecular weight is 262 g/mol. The molecule has 1 amide bonds. The molecule has 0 radical (unpaired) electrons. The molecule has 0 saturated carbocycles. The van der Waals surface area contributed by atoms with Crippen molar-refractivity contribution in [1.82, 2.24) is 4.90 Å². The molecule has 0 spiro atoms. The predicted molar refractivity (Wildman–Crippen MR) is 74.8 cm³/mol. The van der Waals surface area contributed by atoms with Gasteiger partial charge < -0.3 is 15.4 Å². The lowest BCUT2D eigenvalue weighted by molar-refractivity contribution is -0.135. The molecule has 19 heavy (non-hydrogen) atoms. The Hall–Kier alpha value is -1.39. The number of benzene rings is 1. The van der Waals surface area contributed by atoms with Crippen LogP contribution in [0.1, 0.15) is 30.5 Å². The van der Waals surface area contributed by atoms with Crippen molar-refractivity contribution in [2.75, 3.05) is 26.3 Å². The number of hydrogen-bond acceptors (Lipinski definition) is 3. The molecule has 4 heteroatoms. The molecule has 0 aliphatic carbocycles. The molecule has 1 aromatic carbocycles. The number of carbonyl (C=O) groups excluding carboxylic acids is 1. The lowest BCUT2D eigenvalue weighted by atomic mass is 10.0. The predicted octanol–water partition coefficient (Wildman–Crippen LogP) is 1.50. The van der Waals surface area contributed by atoms with E-state index in [0.717, 1.165) is 12.0 Å². The molecule has 1 aliphatic rings. The van der Waals surface area contributed by atoms with Gasteiger partial charge in [0.1, 0.15) is 0 Å². The van der Waals surface area contributed by atoms with Gasteiger partial charge >= 0.3 is 0 Å². The molecule has 4 nitrogen and oxygen atoms in total. The first-order valence-electron chi connectivity index (χ1n) is 6.90. The number of nitrogens with zero attached hydrogens (tertiary/aromatic N) is 1. The number of aryl methyl sites for hydroxylation is 1. The molecule has 1 aliphatic heterocycles. The van der Waals surface area contributed by atoms with Crippen LogP contribution >= 0.6 is 0 Å². The second-order valence-electron chi connectivity index (χ2n) is 4.90. The zero-order valence-corrected chi connectivity index (χ0v) is 11.5. The topological polar surface area (TPSA) is 55.6 Å². The van der Waals surface area contributed by atoms with E-state index in [9.17, 15) is 4.79 Å². The van der Waals surface area contributed by atoms with Crippen molar-refractivity contribution in [3.8, 4) is 0 Å². The molecule has 2 rings (SSSR count). The Morgan fingerprint density at radius 3 is 2.53 bits per heavy atom. The standard InChI is InChI=1S/C15H22N2O2/c1-2-12-3-5-13(6-4-12)14(16)11-15(18)17-7-9-19-10-8-17/h3-6,14H,2,7-11,16H2,1H3. The first kappa shape index (κ1) is 14.0. The number of carbonyl (C=O) groups is 1. The van der Waals surface area contributed by atoms with E-state index in [4.69, 9.17) is 10.5 Å². The van der Waals surface area contributed by atoms with E-state index in [1.165, 1.54) is 5.56 Å². The van der Waals surface area contributed by atoms with Crippen LogP contribution in [-0.4, -0.2) is 37.1 Å². The van der Waals surface area contributed by atoms with Crippen molar-refractivity contribution in [2.45, 2.75) is 25.8 Å². The zero-order valence-electron chi connectivity index (χ0n) is 11.5. The van der Waals surface area contributed by atoms with E-state index in [-0.39, 0.29) is 11.9 Å². The molecule has 104 valence electrons. The van der Waals surface area contributed by atoms with Crippen molar-refractivity contribution in [3.05, 3.63) is 35.4 Å². The van der Waals surface area contributed by atoms with Gasteiger partial charge in [0.25, 0.3) is 0 Å². The SMILES string of the molecule is CCc1ccc(C(N)CC(=O)N2CCOCC2)cc1. The highest BCUT2D eigenvalue weighted by Crippen LogP contribution is 2.16. The number of morpholine rings is 1. The summed E-state index contributed by atoms with van der Waals surface area (Å²) >= 11 is 0. The maximum absolute atomic E-state index is 12.1. The maximum atomic E-state index is 12.1. The van der Waals surface area contributed by atoms with Gasteiger partial charge in [0, 0.05) is 25.6 Å². The maximum Gasteiger partial charge on any atom is 0.224 e. The summed E-state index contributed by atoms with van der Waals surface area (Å²) in [6, 6.07) is 7.98. The number of rotatable bonds is 4. The fourth-order valence-electron chi connectivity index (χ4n) is 2.25. The molecular formula is C15H22N2O2. The molecule has 2 N–H and O–H groups in total. The van der Waals surface area contributed by atoms with E-state index >= 15 is 0 Å². The van der Waals surface area contributed by atoms with Gasteiger partial charge in [-0.2, -0.15) is 0 Å². The van der Waals surface area contributed by atoms with Crippen LogP contribution in [0.4, 0.5) is 0 Å². The minimum atomic E-state index is -0.221. The average Bonchev–Trinajstić information content (AvgIpc) is 2.48. The smallest absolute Gasteiger partial charge is 0.224 e. The summed E-state index contributed by atoms with van der Waals surface area (Å²) in [6.45, 7) is 4.75. The quantitative estimate of drug-likeness (QED) is 0.894. The highest BCUT2D eigenvalue weighted by atomic mass is 16.5. The second-order valence-corrected chi connectivity index (χ2v) is 4.90. The monoisotopic (exact) mass is 262 g/mol. The Balaban J connectivity index is 1.91. The van der Waals surface area contributed by atoms with Gasteiger partial charge in [-0.15, -0.1) is 0 Å². The molecular weight excluding hydrogens is 240 g/mol. The Morgan fingerprint density at radius 2 is 1.95 bits per heavy atom. The fraction of sp³-hybridized carbons (Fsp3) is 0.533. The normalized spacial score (nSPS) is 17.3. The lowest BCUT2D eigenvalue weighted by Gasteiger charge is -2.28. The molecule has 1 saturated heterocycles. The van der Waals surface area contributed by atoms with Crippen LogP contribution in [0.2, 0.25) is 0 Å². The first-order valence-corrected chi connectivity index (χ1v) is 6.90. The molecule has 1 fully saturated rings. The van der Waals surface area contributed by atoms with Crippen LogP contribution in [0.15, 0.2) is 24.3 Å². The summed E-state index contributed by atoms with van der Waals surface area (Å²) in [7, 11) is 0. The summed E-state index contributed by atoms with van der Waals surface area (Å²) in [4.78, 5) is 13.9. The summed E-state index contributed by atoms with van der Waals surface area (Å²) in [6.07, 6.45) is 1.38. The van der Waals surface area contributed by atoms with Crippen molar-refractivity contribution >= 4 is 5.91 Å². The Labute approximate surface area is 114 Å². The Morgan fingerprint density at radius 1 is 1.32 bits per heavy atom. The highest BCUT2D eigenvalue weighted by molar-refractivity contribution is 5.77. The minimum absolute atomic E-state index is 0.121. The molecule has 1 unspecified atom stereocenters. The van der Waals surface area contributed by atoms with Crippen LogP contribution in [0.5, 0.6) is 0 Å². The lowest BCUT2D eigenvalue weighted by Crippen LogP contribution is -2.41. The first-order chi connectivity index (χ1) is 9.20. The van der Waals surface area contributed by atoms with Crippen LogP contribution in [0, 0.1) is 0 Å². The van der Waals surface area contributed by atoms with Gasteiger partial charge in [0.05, 0.1) is 13.2 Å². The van der Waals surface area contributed by atoms with Crippen LogP contribution in [0.25, 0.3) is 0 Å². The van der Waals surface area contributed by atoms with Crippen molar-refractivity contribution in [1.29, 1.82) is 0 Å². The summed E-state index contributed by atoms with van der Waals surface area (Å²) in [5, 5.41) is 0. The van der Waals surface area contributed by atoms with Crippen molar-refractivity contribution in [2.24, 2.45) is 5.73 Å². The molecule has 1 heterocycles. The third-order valence-electron chi connectivity index (χ3n) is 3.57. The Kier molecular flexibility index (Phi) is 4.93. The van der Waals surface area contributed by atoms with E-state index < -0.39 is 0 Å². The van der Waals surface area contributed by atoms with E-state index in [2.05, 4.69) is 19.1 Å². The molecule has 1 aromatic rings. The van der Waals surface area contributed by atoms with Gasteiger partial charge in [-0.25, -0.2) is 0 Å². The van der Waals surface area contributed by atoms with E-state index in [1.807, 2.05) is 17.0 Å². The molecule has 0 aromatic heterocycles. The molecule has 1 atom stereocenters. The van der Waals surface area contributed by atoms with E-state index in [1.54, 1.807) is 0 Å². The largest absolute Gasteiger partial charge is 0.378 e. The minimum Gasteiger partial charge on any atom is -0.378 e. The van der Waals surface area contributed by atoms with Crippen molar-refractivity contribution < 1.29 is 9.53 Å². The molecule has 0 bridgehead atoms. The van der Waals surface area contributed by atoms with Gasteiger partial charge in [-0.05, 0) is 17.5 Å². The third kappa shape index (κ3) is 3.78. The third-order valence-corrected chi connectivity index (χ3v) is 3.57. The number of ether oxygens (including phenoxy) is 1. The zero-order chi connectivity index (χ0) is 13.7. The number of nitrogens with two attached hydrogens (primary N) is 1. The van der Waals surface area contributed by atoms with Crippen molar-refractivity contribution in [3.63, 3.8) is 0 Å².